The molecule has 3 aromatic carbocycles. The lowest BCUT2D eigenvalue weighted by Gasteiger charge is -2.14. The molecule has 0 saturated carbocycles. The topological polar surface area (TPSA) is 184 Å². The fraction of sp³-hybridized carbons (Fsp3) is 0.0909. The number of amidine groups is 1. The van der Waals surface area contributed by atoms with Crippen LogP contribution in [0.15, 0.2) is 59.6 Å². The number of amides is 1. The number of aliphatic imine (C=N–C) groups is 1. The van der Waals surface area contributed by atoms with Gasteiger partial charge in [0, 0.05) is 17.5 Å². The third-order valence-corrected chi connectivity index (χ3v) is 4.58. The van der Waals surface area contributed by atoms with Crippen molar-refractivity contribution in [1.29, 1.82) is 5.41 Å². The second kappa shape index (κ2) is 8.95. The first-order valence-electron chi connectivity index (χ1n) is 9.35. The lowest BCUT2D eigenvalue weighted by atomic mass is 9.97. The summed E-state index contributed by atoms with van der Waals surface area (Å²) in [5.74, 6) is -0.859. The van der Waals surface area contributed by atoms with Crippen LogP contribution in [0.2, 0.25) is 0 Å². The highest BCUT2D eigenvalue weighted by Crippen LogP contribution is 2.31. The van der Waals surface area contributed by atoms with E-state index in [1.54, 1.807) is 54.6 Å². The van der Waals surface area contributed by atoms with Gasteiger partial charge in [-0.1, -0.05) is 18.2 Å². The number of nitrogens with one attached hydrogen (secondary N) is 1. The van der Waals surface area contributed by atoms with Crippen LogP contribution in [-0.2, 0) is 11.2 Å². The Hall–Kier alpha value is -4.40. The van der Waals surface area contributed by atoms with Gasteiger partial charge in [-0.15, -0.1) is 0 Å². The van der Waals surface area contributed by atoms with Gasteiger partial charge in [0.1, 0.15) is 11.6 Å². The monoisotopic (exact) mass is 418 g/mol. The lowest BCUT2D eigenvalue weighted by molar-refractivity contribution is -0.117. The van der Waals surface area contributed by atoms with E-state index >= 15 is 0 Å². The van der Waals surface area contributed by atoms with E-state index in [9.17, 15) is 9.59 Å². The number of aryl methyl sites for hydroxylation is 1. The molecule has 0 fully saturated rings. The molecule has 0 heterocycles. The van der Waals surface area contributed by atoms with Crippen molar-refractivity contribution in [3.05, 3.63) is 71.3 Å². The van der Waals surface area contributed by atoms with Crippen molar-refractivity contribution >= 4 is 40.1 Å². The molecule has 9 heteroatoms. The smallest absolute Gasteiger partial charge is 0.343 e. The highest BCUT2D eigenvalue weighted by Gasteiger charge is 2.16. The van der Waals surface area contributed by atoms with Crippen molar-refractivity contribution in [1.82, 2.24) is 0 Å². The Balaban J connectivity index is 1.96. The molecule has 0 radical (unpaired) electrons. The summed E-state index contributed by atoms with van der Waals surface area (Å²) in [5, 5.41) is 9.19. The van der Waals surface area contributed by atoms with Gasteiger partial charge in [0.15, 0.2) is 5.96 Å². The van der Waals surface area contributed by atoms with Crippen LogP contribution in [-0.4, -0.2) is 23.7 Å². The number of hydrogen-bond acceptors (Lipinski definition) is 5. The molecule has 31 heavy (non-hydrogen) atoms. The summed E-state index contributed by atoms with van der Waals surface area (Å²) in [4.78, 5) is 27.9. The fourth-order valence-electron chi connectivity index (χ4n) is 3.12. The molecule has 0 aliphatic carbocycles. The fourth-order valence-corrected chi connectivity index (χ4v) is 3.12. The normalized spacial score (nSPS) is 10.5. The zero-order valence-electron chi connectivity index (χ0n) is 16.6. The number of guanidine groups is 1. The number of rotatable bonds is 7. The molecule has 0 aliphatic rings. The minimum absolute atomic E-state index is 0.0553. The Morgan fingerprint density at radius 3 is 2.19 bits per heavy atom. The van der Waals surface area contributed by atoms with Crippen LogP contribution in [0.25, 0.3) is 10.8 Å². The molecular formula is C22H22N6O3. The number of hydrogen-bond donors (Lipinski definition) is 5. The number of esters is 1. The van der Waals surface area contributed by atoms with Crippen molar-refractivity contribution in [2.24, 2.45) is 27.9 Å². The van der Waals surface area contributed by atoms with Gasteiger partial charge in [-0.25, -0.2) is 9.79 Å². The molecule has 0 spiro atoms. The van der Waals surface area contributed by atoms with Crippen LogP contribution >= 0.6 is 0 Å². The Morgan fingerprint density at radius 1 is 0.903 bits per heavy atom. The number of ether oxygens (including phenoxy) is 1. The third-order valence-electron chi connectivity index (χ3n) is 4.58. The summed E-state index contributed by atoms with van der Waals surface area (Å²) in [7, 11) is 0. The second-order valence-corrected chi connectivity index (χ2v) is 6.83. The summed E-state index contributed by atoms with van der Waals surface area (Å²) >= 11 is 0. The predicted molar refractivity (Wildman–Crippen MR) is 119 cm³/mol. The van der Waals surface area contributed by atoms with Crippen molar-refractivity contribution in [3.8, 4) is 5.75 Å². The van der Waals surface area contributed by atoms with Crippen molar-refractivity contribution < 1.29 is 14.3 Å². The van der Waals surface area contributed by atoms with E-state index < -0.39 is 11.9 Å². The van der Waals surface area contributed by atoms with Gasteiger partial charge in [0.05, 0.1) is 11.3 Å². The maximum absolute atomic E-state index is 12.7. The average Bonchev–Trinajstić information content (AvgIpc) is 2.72. The first kappa shape index (κ1) is 21.3. The molecule has 0 atom stereocenters. The molecule has 0 saturated heterocycles. The van der Waals surface area contributed by atoms with Crippen LogP contribution in [0.3, 0.4) is 0 Å². The summed E-state index contributed by atoms with van der Waals surface area (Å²) in [5.41, 5.74) is 23.6. The molecule has 0 aromatic heterocycles. The summed E-state index contributed by atoms with van der Waals surface area (Å²) < 4.78 is 5.63. The molecule has 3 rings (SSSR count). The molecule has 0 aliphatic heterocycles. The number of nitrogen functional groups attached to an aromatic ring is 1. The van der Waals surface area contributed by atoms with Gasteiger partial charge >= 0.3 is 5.97 Å². The standard InChI is InChI=1S/C22H22N6O3/c23-19(29)10-8-17-16-7-3-14(20(24)25)11-13(16)4-9-18(17)31-21(30)12-1-5-15(6-2-12)28-22(26)27/h1-7,9,11H,8,10H2,(H2,23,29)(H3,24,25)(H4,26,27,28). The number of nitrogens with zero attached hydrogens (tertiary/aromatic N) is 1. The van der Waals surface area contributed by atoms with Crippen molar-refractivity contribution in [2.75, 3.05) is 0 Å². The van der Waals surface area contributed by atoms with Gasteiger partial charge in [-0.05, 0) is 53.6 Å². The number of benzene rings is 3. The summed E-state index contributed by atoms with van der Waals surface area (Å²) in [6, 6.07) is 14.9. The maximum atomic E-state index is 12.7. The maximum Gasteiger partial charge on any atom is 0.343 e. The average molecular weight is 418 g/mol. The van der Waals surface area contributed by atoms with Gasteiger partial charge in [0.25, 0.3) is 0 Å². The molecule has 0 bridgehead atoms. The highest BCUT2D eigenvalue weighted by atomic mass is 16.5. The molecule has 1 amide bonds. The largest absolute Gasteiger partial charge is 0.423 e. The second-order valence-electron chi connectivity index (χ2n) is 6.83. The van der Waals surface area contributed by atoms with Gasteiger partial charge in [-0.2, -0.15) is 0 Å². The van der Waals surface area contributed by atoms with E-state index in [1.165, 1.54) is 0 Å². The van der Waals surface area contributed by atoms with Crippen molar-refractivity contribution in [2.45, 2.75) is 12.8 Å². The zero-order valence-corrected chi connectivity index (χ0v) is 16.6. The molecule has 9 nitrogen and oxygen atoms in total. The number of carbonyl (C=O) groups excluding carboxylic acids is 2. The Labute approximate surface area is 178 Å². The number of primary amides is 1. The van der Waals surface area contributed by atoms with Crippen LogP contribution in [0.5, 0.6) is 5.75 Å². The van der Waals surface area contributed by atoms with Gasteiger partial charge in [0.2, 0.25) is 5.91 Å². The molecular weight excluding hydrogens is 396 g/mol. The molecule has 3 aromatic rings. The summed E-state index contributed by atoms with van der Waals surface area (Å²) in [6.07, 6.45) is 0.378. The van der Waals surface area contributed by atoms with E-state index in [0.29, 0.717) is 28.1 Å². The quantitative estimate of drug-likeness (QED) is 0.168. The van der Waals surface area contributed by atoms with E-state index in [4.69, 9.17) is 33.1 Å². The van der Waals surface area contributed by atoms with Crippen molar-refractivity contribution in [3.63, 3.8) is 0 Å². The number of carbonyl (C=O) groups is 2. The Bertz CT molecular complexity index is 1200. The Kier molecular flexibility index (Phi) is 6.15. The zero-order chi connectivity index (χ0) is 22.5. The van der Waals surface area contributed by atoms with E-state index in [2.05, 4.69) is 4.99 Å². The van der Waals surface area contributed by atoms with E-state index in [-0.39, 0.29) is 24.6 Å². The van der Waals surface area contributed by atoms with Crippen LogP contribution in [0, 0.1) is 5.41 Å². The SMILES string of the molecule is N=C(N)c1ccc2c(CCC(N)=O)c(OC(=O)c3ccc(N=C(N)N)cc3)ccc2c1. The van der Waals surface area contributed by atoms with Crippen LogP contribution in [0.4, 0.5) is 5.69 Å². The lowest BCUT2D eigenvalue weighted by Crippen LogP contribution is -2.21. The summed E-state index contributed by atoms with van der Waals surface area (Å²) in [6.45, 7) is 0. The third kappa shape index (κ3) is 5.15. The highest BCUT2D eigenvalue weighted by molar-refractivity contribution is 6.00. The van der Waals surface area contributed by atoms with Crippen LogP contribution in [0.1, 0.15) is 27.9 Å². The van der Waals surface area contributed by atoms with Crippen LogP contribution < -0.4 is 27.7 Å². The van der Waals surface area contributed by atoms with E-state index in [0.717, 1.165) is 10.8 Å². The predicted octanol–water partition coefficient (Wildman–Crippen LogP) is 1.67. The minimum atomic E-state index is -0.573. The van der Waals surface area contributed by atoms with Gasteiger partial charge in [-0.3, -0.25) is 10.2 Å². The first-order chi connectivity index (χ1) is 14.7. The molecule has 158 valence electrons. The minimum Gasteiger partial charge on any atom is -0.423 e. The number of nitrogens with two attached hydrogens (primary N) is 4. The van der Waals surface area contributed by atoms with E-state index in [1.807, 2.05) is 0 Å². The molecule has 0 unspecified atom stereocenters. The Morgan fingerprint density at radius 2 is 1.58 bits per heavy atom. The first-order valence-corrected chi connectivity index (χ1v) is 9.35. The van der Waals surface area contributed by atoms with Gasteiger partial charge < -0.3 is 27.7 Å². The molecule has 9 N–H and O–H groups in total. The number of fused-ring (bicyclic) bond motifs is 1.